The zero-order valence-electron chi connectivity index (χ0n) is 17.6. The Morgan fingerprint density at radius 3 is 2.21 bits per heavy atom. The van der Waals surface area contributed by atoms with Gasteiger partial charge in [0.2, 0.25) is 21.8 Å². The molecular weight excluding hydrogens is 461 g/mol. The summed E-state index contributed by atoms with van der Waals surface area (Å²) in [6.45, 7) is 3.70. The molecule has 12 heteroatoms. The van der Waals surface area contributed by atoms with E-state index in [1.807, 2.05) is 36.1 Å². The minimum absolute atomic E-state index is 0.0925. The van der Waals surface area contributed by atoms with Crippen LogP contribution in [0.1, 0.15) is 11.5 Å². The highest BCUT2D eigenvalue weighted by molar-refractivity contribution is 7.89. The fourth-order valence-electron chi connectivity index (χ4n) is 3.41. The van der Waals surface area contributed by atoms with Gasteiger partial charge in [-0.2, -0.15) is 4.31 Å². The molecule has 0 unspecified atom stereocenters. The van der Waals surface area contributed by atoms with Crippen LogP contribution in [0.2, 0.25) is 0 Å². The molecule has 2 aromatic carbocycles. The van der Waals surface area contributed by atoms with Crippen molar-refractivity contribution in [2.24, 2.45) is 0 Å². The maximum atomic E-state index is 12.8. The molecule has 1 fully saturated rings. The Labute approximate surface area is 188 Å². The van der Waals surface area contributed by atoms with Crippen molar-refractivity contribution < 1.29 is 30.7 Å². The van der Waals surface area contributed by atoms with Crippen LogP contribution in [-0.4, -0.2) is 60.4 Å². The van der Waals surface area contributed by atoms with Gasteiger partial charge in [0.05, 0.1) is 11.4 Å². The maximum Gasteiger partial charge on any atom is 0.573 e. The molecule has 8 nitrogen and oxygen atoms in total. The monoisotopic (exact) mass is 482 g/mol. The molecular formula is C21H21F3N4O4S. The van der Waals surface area contributed by atoms with E-state index >= 15 is 0 Å². The molecule has 4 rings (SSSR count). The summed E-state index contributed by atoms with van der Waals surface area (Å²) >= 11 is 0. The van der Waals surface area contributed by atoms with Crippen molar-refractivity contribution in [2.75, 3.05) is 26.2 Å². The van der Waals surface area contributed by atoms with Crippen molar-refractivity contribution in [1.82, 2.24) is 19.4 Å². The van der Waals surface area contributed by atoms with E-state index in [1.165, 1.54) is 4.31 Å². The van der Waals surface area contributed by atoms with Gasteiger partial charge in [0, 0.05) is 31.7 Å². The third-order valence-corrected chi connectivity index (χ3v) is 7.06. The highest BCUT2D eigenvalue weighted by atomic mass is 32.2. The van der Waals surface area contributed by atoms with Gasteiger partial charge in [0.1, 0.15) is 5.75 Å². The molecule has 176 valence electrons. The highest BCUT2D eigenvalue weighted by Crippen LogP contribution is 2.26. The van der Waals surface area contributed by atoms with Gasteiger partial charge in [-0.1, -0.05) is 17.7 Å². The summed E-state index contributed by atoms with van der Waals surface area (Å²) in [5.41, 5.74) is 1.94. The van der Waals surface area contributed by atoms with E-state index in [1.54, 1.807) is 0 Å². The molecule has 33 heavy (non-hydrogen) atoms. The van der Waals surface area contributed by atoms with E-state index in [4.69, 9.17) is 4.42 Å². The minimum Gasteiger partial charge on any atom is -0.419 e. The summed E-state index contributed by atoms with van der Waals surface area (Å²) in [6, 6.07) is 11.9. The summed E-state index contributed by atoms with van der Waals surface area (Å²) in [7, 11) is -3.84. The van der Waals surface area contributed by atoms with Crippen molar-refractivity contribution in [1.29, 1.82) is 0 Å². The van der Waals surface area contributed by atoms with Crippen LogP contribution in [0, 0.1) is 6.92 Å². The van der Waals surface area contributed by atoms with E-state index in [0.717, 1.165) is 35.4 Å². The molecule has 1 aliphatic rings. The number of sulfonamides is 1. The van der Waals surface area contributed by atoms with Crippen molar-refractivity contribution in [2.45, 2.75) is 24.7 Å². The van der Waals surface area contributed by atoms with Crippen LogP contribution < -0.4 is 4.74 Å². The first-order valence-electron chi connectivity index (χ1n) is 10.1. The molecule has 1 saturated heterocycles. The number of alkyl halides is 3. The first-order valence-corrected chi connectivity index (χ1v) is 11.5. The van der Waals surface area contributed by atoms with Crippen LogP contribution in [0.5, 0.6) is 5.75 Å². The Kier molecular flexibility index (Phi) is 6.41. The van der Waals surface area contributed by atoms with Gasteiger partial charge >= 0.3 is 6.36 Å². The molecule has 0 radical (unpaired) electrons. The van der Waals surface area contributed by atoms with Gasteiger partial charge in [-0.15, -0.1) is 23.4 Å². The maximum absolute atomic E-state index is 12.8. The van der Waals surface area contributed by atoms with Crippen LogP contribution in [-0.2, 0) is 16.6 Å². The number of halogens is 3. The lowest BCUT2D eigenvalue weighted by atomic mass is 10.1. The predicted octanol–water partition coefficient (Wildman–Crippen LogP) is 3.45. The Morgan fingerprint density at radius 1 is 0.970 bits per heavy atom. The van der Waals surface area contributed by atoms with Crippen molar-refractivity contribution in [3.63, 3.8) is 0 Å². The van der Waals surface area contributed by atoms with Crippen molar-refractivity contribution in [3.05, 3.63) is 60.0 Å². The number of nitrogens with zero attached hydrogens (tertiary/aromatic N) is 4. The van der Waals surface area contributed by atoms with Gasteiger partial charge in [0.15, 0.2) is 0 Å². The van der Waals surface area contributed by atoms with E-state index < -0.39 is 22.1 Å². The average Bonchev–Trinajstić information content (AvgIpc) is 3.22. The zero-order valence-corrected chi connectivity index (χ0v) is 18.4. The first kappa shape index (κ1) is 23.2. The van der Waals surface area contributed by atoms with Crippen LogP contribution in [0.4, 0.5) is 13.2 Å². The minimum atomic E-state index is -4.84. The second-order valence-corrected chi connectivity index (χ2v) is 9.50. The van der Waals surface area contributed by atoms with Crippen LogP contribution in [0.3, 0.4) is 0 Å². The molecule has 0 bridgehead atoms. The van der Waals surface area contributed by atoms with E-state index in [-0.39, 0.29) is 18.0 Å². The third-order valence-electron chi connectivity index (χ3n) is 5.15. The lowest BCUT2D eigenvalue weighted by Gasteiger charge is -2.33. The molecule has 3 aromatic rings. The lowest BCUT2D eigenvalue weighted by Crippen LogP contribution is -2.48. The molecule has 0 aliphatic carbocycles. The standard InChI is InChI=1S/C21H21F3N4O4S/c1-15-2-4-16(5-3-15)20-26-25-19(31-20)14-27-10-12-28(13-11-27)33(29,30)18-8-6-17(7-9-18)32-21(22,23)24/h2-9H,10-14H2,1H3. The molecule has 0 N–H and O–H groups in total. The number of hydrogen-bond acceptors (Lipinski definition) is 7. The largest absolute Gasteiger partial charge is 0.573 e. The summed E-state index contributed by atoms with van der Waals surface area (Å²) in [6.07, 6.45) is -4.84. The Bertz CT molecular complexity index is 1190. The molecule has 0 saturated carbocycles. The second-order valence-electron chi connectivity index (χ2n) is 7.57. The molecule has 1 aliphatic heterocycles. The lowest BCUT2D eigenvalue weighted by molar-refractivity contribution is -0.274. The summed E-state index contributed by atoms with van der Waals surface area (Å²) < 4.78 is 73.4. The second kappa shape index (κ2) is 9.12. The zero-order chi connectivity index (χ0) is 23.6. The molecule has 0 spiro atoms. The van der Waals surface area contributed by atoms with Crippen LogP contribution in [0.15, 0.2) is 57.8 Å². The Morgan fingerprint density at radius 2 is 1.61 bits per heavy atom. The number of ether oxygens (including phenoxy) is 1. The van der Waals surface area contributed by atoms with Crippen molar-refractivity contribution in [3.8, 4) is 17.2 Å². The molecule has 0 atom stereocenters. The van der Waals surface area contributed by atoms with Gasteiger partial charge in [-0.05, 0) is 43.3 Å². The molecule has 0 amide bonds. The van der Waals surface area contributed by atoms with E-state index in [2.05, 4.69) is 14.9 Å². The number of aryl methyl sites for hydroxylation is 1. The topological polar surface area (TPSA) is 88.8 Å². The van der Waals surface area contributed by atoms with Gasteiger partial charge in [-0.25, -0.2) is 8.42 Å². The van der Waals surface area contributed by atoms with Crippen molar-refractivity contribution >= 4 is 10.0 Å². The fraction of sp³-hybridized carbons (Fsp3) is 0.333. The summed E-state index contributed by atoms with van der Waals surface area (Å²) in [5, 5.41) is 8.15. The normalized spacial score (nSPS) is 16.1. The molecule has 1 aromatic heterocycles. The summed E-state index contributed by atoms with van der Waals surface area (Å²) in [5.74, 6) is 0.377. The third kappa shape index (κ3) is 5.70. The Balaban J connectivity index is 1.34. The van der Waals surface area contributed by atoms with Gasteiger partial charge in [-0.3, -0.25) is 4.90 Å². The highest BCUT2D eigenvalue weighted by Gasteiger charge is 2.32. The average molecular weight is 482 g/mol. The summed E-state index contributed by atoms with van der Waals surface area (Å²) in [4.78, 5) is 1.91. The number of hydrogen-bond donors (Lipinski definition) is 0. The number of rotatable bonds is 6. The predicted molar refractivity (Wildman–Crippen MR) is 112 cm³/mol. The van der Waals surface area contributed by atoms with Crippen LogP contribution in [0.25, 0.3) is 11.5 Å². The van der Waals surface area contributed by atoms with E-state index in [0.29, 0.717) is 31.4 Å². The van der Waals surface area contributed by atoms with Gasteiger partial charge in [0.25, 0.3) is 0 Å². The number of aromatic nitrogens is 2. The number of benzene rings is 2. The number of piperazine rings is 1. The van der Waals surface area contributed by atoms with Crippen LogP contribution >= 0.6 is 0 Å². The smallest absolute Gasteiger partial charge is 0.419 e. The Hall–Kier alpha value is -2.96. The fourth-order valence-corrected chi connectivity index (χ4v) is 4.83. The first-order chi connectivity index (χ1) is 15.6. The van der Waals surface area contributed by atoms with Gasteiger partial charge < -0.3 is 9.15 Å². The van der Waals surface area contributed by atoms with E-state index in [9.17, 15) is 21.6 Å². The SMILES string of the molecule is Cc1ccc(-c2nnc(CN3CCN(S(=O)(=O)c4ccc(OC(F)(F)F)cc4)CC3)o2)cc1. The quantitative estimate of drug-likeness (QED) is 0.532. The molecule has 2 heterocycles.